The number of aryl methyl sites for hydroxylation is 1. The minimum absolute atomic E-state index is 0.276. The molecule has 0 aliphatic heterocycles. The van der Waals surface area contributed by atoms with Gasteiger partial charge in [0, 0.05) is 12.7 Å². The molecule has 0 spiro atoms. The van der Waals surface area contributed by atoms with Crippen molar-refractivity contribution in [3.8, 4) is 0 Å². The summed E-state index contributed by atoms with van der Waals surface area (Å²) in [4.78, 5) is 12.2. The van der Waals surface area contributed by atoms with Crippen LogP contribution in [-0.4, -0.2) is 20.7 Å². The molecule has 0 radical (unpaired) electrons. The second-order valence-electron chi connectivity index (χ2n) is 4.20. The van der Waals surface area contributed by atoms with Crippen LogP contribution in [0.3, 0.4) is 0 Å². The lowest BCUT2D eigenvalue weighted by atomic mass is 10.1. The summed E-state index contributed by atoms with van der Waals surface area (Å²) in [5.74, 6) is 0.317. The van der Waals surface area contributed by atoms with Gasteiger partial charge < -0.3 is 15.6 Å². The van der Waals surface area contributed by atoms with Crippen LogP contribution in [0.15, 0.2) is 24.5 Å². The number of hydrogen-bond acceptors (Lipinski definition) is 4. The molecular formula is C12H14ClN5O. The molecule has 2 aromatic rings. The van der Waals surface area contributed by atoms with Crippen molar-refractivity contribution >= 4 is 23.2 Å². The third-order valence-electron chi connectivity index (χ3n) is 2.75. The van der Waals surface area contributed by atoms with Crippen molar-refractivity contribution < 1.29 is 4.79 Å². The van der Waals surface area contributed by atoms with Crippen molar-refractivity contribution in [3.05, 3.63) is 40.9 Å². The fourth-order valence-electron chi connectivity index (χ4n) is 1.80. The Morgan fingerprint density at radius 1 is 1.53 bits per heavy atom. The molecule has 1 aromatic carbocycles. The largest absolute Gasteiger partial charge is 0.398 e. The lowest BCUT2D eigenvalue weighted by Crippen LogP contribution is -2.29. The van der Waals surface area contributed by atoms with Crippen LogP contribution < -0.4 is 11.1 Å². The summed E-state index contributed by atoms with van der Waals surface area (Å²) in [7, 11) is 1.81. The minimum atomic E-state index is -0.335. The first-order valence-electron chi connectivity index (χ1n) is 5.69. The van der Waals surface area contributed by atoms with E-state index in [1.54, 1.807) is 29.1 Å². The van der Waals surface area contributed by atoms with Crippen molar-refractivity contribution in [2.45, 2.75) is 13.0 Å². The Morgan fingerprint density at radius 3 is 2.84 bits per heavy atom. The smallest absolute Gasteiger partial charge is 0.255 e. The van der Waals surface area contributed by atoms with Crippen LogP contribution in [-0.2, 0) is 7.05 Å². The third kappa shape index (κ3) is 2.68. The maximum absolute atomic E-state index is 12.2. The standard InChI is InChI=1S/C12H14ClN5O/c1-7(11-17-15-6-18(11)2)16-12(19)10-8(13)4-3-5-9(10)14/h3-7H,14H2,1-2H3,(H,16,19). The van der Waals surface area contributed by atoms with E-state index in [0.717, 1.165) is 0 Å². The molecule has 0 fully saturated rings. The van der Waals surface area contributed by atoms with Crippen LogP contribution in [0.1, 0.15) is 29.1 Å². The van der Waals surface area contributed by atoms with E-state index in [-0.39, 0.29) is 17.5 Å². The van der Waals surface area contributed by atoms with Crippen molar-refractivity contribution in [1.29, 1.82) is 0 Å². The molecule has 0 saturated heterocycles. The van der Waals surface area contributed by atoms with Gasteiger partial charge >= 0.3 is 0 Å². The zero-order valence-corrected chi connectivity index (χ0v) is 11.3. The minimum Gasteiger partial charge on any atom is -0.398 e. The molecule has 100 valence electrons. The van der Waals surface area contributed by atoms with Crippen molar-refractivity contribution in [2.75, 3.05) is 5.73 Å². The topological polar surface area (TPSA) is 85.8 Å². The highest BCUT2D eigenvalue weighted by atomic mass is 35.5. The highest BCUT2D eigenvalue weighted by molar-refractivity contribution is 6.34. The molecule has 3 N–H and O–H groups in total. The predicted octanol–water partition coefficient (Wildman–Crippen LogP) is 1.54. The molecule has 19 heavy (non-hydrogen) atoms. The van der Waals surface area contributed by atoms with Gasteiger partial charge in [0.05, 0.1) is 16.6 Å². The van der Waals surface area contributed by atoms with E-state index in [1.165, 1.54) is 0 Å². The maximum atomic E-state index is 12.2. The third-order valence-corrected chi connectivity index (χ3v) is 3.07. The number of carbonyl (C=O) groups is 1. The number of aromatic nitrogens is 3. The SMILES string of the molecule is CC(NC(=O)c1c(N)cccc1Cl)c1nncn1C. The summed E-state index contributed by atoms with van der Waals surface area (Å²) in [6.45, 7) is 1.81. The average molecular weight is 280 g/mol. The Bertz CT molecular complexity index is 590. The van der Waals surface area contributed by atoms with Crippen LogP contribution in [0, 0.1) is 0 Å². The first-order chi connectivity index (χ1) is 9.00. The van der Waals surface area contributed by atoms with Gasteiger partial charge in [0.15, 0.2) is 5.82 Å². The quantitative estimate of drug-likeness (QED) is 0.835. The second kappa shape index (κ2) is 5.27. The predicted molar refractivity (Wildman–Crippen MR) is 72.7 cm³/mol. The second-order valence-corrected chi connectivity index (χ2v) is 4.61. The monoisotopic (exact) mass is 279 g/mol. The number of hydrogen-bond donors (Lipinski definition) is 2. The van der Waals surface area contributed by atoms with E-state index in [0.29, 0.717) is 16.5 Å². The molecule has 6 nitrogen and oxygen atoms in total. The first-order valence-corrected chi connectivity index (χ1v) is 6.07. The molecule has 1 heterocycles. The van der Waals surface area contributed by atoms with Gasteiger partial charge in [-0.05, 0) is 19.1 Å². The number of rotatable bonds is 3. The van der Waals surface area contributed by atoms with Crippen LogP contribution in [0.4, 0.5) is 5.69 Å². The Labute approximate surface area is 115 Å². The van der Waals surface area contributed by atoms with Crippen LogP contribution in [0.5, 0.6) is 0 Å². The van der Waals surface area contributed by atoms with E-state index in [2.05, 4.69) is 15.5 Å². The zero-order valence-electron chi connectivity index (χ0n) is 10.6. The highest BCUT2D eigenvalue weighted by Gasteiger charge is 2.19. The Hall–Kier alpha value is -2.08. The molecule has 0 saturated carbocycles. The van der Waals surface area contributed by atoms with E-state index in [4.69, 9.17) is 17.3 Å². The molecule has 2 rings (SSSR count). The normalized spacial score (nSPS) is 12.2. The molecule has 7 heteroatoms. The average Bonchev–Trinajstić information content (AvgIpc) is 2.75. The first kappa shape index (κ1) is 13.4. The fourth-order valence-corrected chi connectivity index (χ4v) is 2.07. The van der Waals surface area contributed by atoms with E-state index < -0.39 is 0 Å². The van der Waals surface area contributed by atoms with E-state index in [9.17, 15) is 4.79 Å². The molecule has 0 aliphatic carbocycles. The Balaban J connectivity index is 2.20. The number of amides is 1. The van der Waals surface area contributed by atoms with Gasteiger partial charge in [-0.2, -0.15) is 0 Å². The van der Waals surface area contributed by atoms with Gasteiger partial charge in [0.25, 0.3) is 5.91 Å². The number of nitrogen functional groups attached to an aromatic ring is 1. The fraction of sp³-hybridized carbons (Fsp3) is 0.250. The van der Waals surface area contributed by atoms with Crippen LogP contribution in [0.2, 0.25) is 5.02 Å². The number of nitrogens with one attached hydrogen (secondary N) is 1. The van der Waals surface area contributed by atoms with Gasteiger partial charge in [-0.15, -0.1) is 10.2 Å². The molecule has 1 aromatic heterocycles. The zero-order chi connectivity index (χ0) is 14.0. The lowest BCUT2D eigenvalue weighted by molar-refractivity contribution is 0.0939. The number of nitrogens with zero attached hydrogens (tertiary/aromatic N) is 3. The summed E-state index contributed by atoms with van der Waals surface area (Å²) in [5.41, 5.74) is 6.39. The number of nitrogens with two attached hydrogens (primary N) is 1. The van der Waals surface area contributed by atoms with Crippen molar-refractivity contribution in [3.63, 3.8) is 0 Å². The molecule has 0 aliphatic rings. The molecule has 1 atom stereocenters. The van der Waals surface area contributed by atoms with Crippen LogP contribution in [0.25, 0.3) is 0 Å². The molecule has 1 amide bonds. The summed E-state index contributed by atoms with van der Waals surface area (Å²) >= 11 is 5.99. The van der Waals surface area contributed by atoms with Crippen molar-refractivity contribution in [1.82, 2.24) is 20.1 Å². The van der Waals surface area contributed by atoms with Crippen LogP contribution >= 0.6 is 11.6 Å². The van der Waals surface area contributed by atoms with E-state index in [1.807, 2.05) is 14.0 Å². The Morgan fingerprint density at radius 2 is 2.26 bits per heavy atom. The van der Waals surface area contributed by atoms with Gasteiger partial charge in [-0.1, -0.05) is 17.7 Å². The molecular weight excluding hydrogens is 266 g/mol. The highest BCUT2D eigenvalue weighted by Crippen LogP contribution is 2.22. The number of carbonyl (C=O) groups excluding carboxylic acids is 1. The van der Waals surface area contributed by atoms with Gasteiger partial charge in [-0.25, -0.2) is 0 Å². The summed E-state index contributed by atoms with van der Waals surface area (Å²) in [6, 6.07) is 4.66. The Kier molecular flexibility index (Phi) is 3.71. The summed E-state index contributed by atoms with van der Waals surface area (Å²) in [6.07, 6.45) is 1.57. The number of benzene rings is 1. The molecule has 1 unspecified atom stereocenters. The van der Waals surface area contributed by atoms with Crippen molar-refractivity contribution in [2.24, 2.45) is 7.05 Å². The van der Waals surface area contributed by atoms with Gasteiger partial charge in [0.2, 0.25) is 0 Å². The number of anilines is 1. The summed E-state index contributed by atoms with van der Waals surface area (Å²) < 4.78 is 1.74. The van der Waals surface area contributed by atoms with Gasteiger partial charge in [-0.3, -0.25) is 4.79 Å². The van der Waals surface area contributed by atoms with E-state index >= 15 is 0 Å². The lowest BCUT2D eigenvalue weighted by Gasteiger charge is -2.14. The maximum Gasteiger partial charge on any atom is 0.255 e. The summed E-state index contributed by atoms with van der Waals surface area (Å²) in [5, 5.41) is 10.8. The van der Waals surface area contributed by atoms with Gasteiger partial charge in [0.1, 0.15) is 6.33 Å². The molecule has 0 bridgehead atoms. The number of halogens is 1.